The number of benzene rings is 2. The van der Waals surface area contributed by atoms with Gasteiger partial charge in [0, 0.05) is 11.0 Å². The minimum atomic E-state index is -4.75. The van der Waals surface area contributed by atoms with Crippen molar-refractivity contribution < 1.29 is 27.1 Å². The Kier molecular flexibility index (Phi) is 5.25. The lowest BCUT2D eigenvalue weighted by Gasteiger charge is -2.10. The molecule has 1 N–H and O–H groups in total. The summed E-state index contributed by atoms with van der Waals surface area (Å²) in [6.07, 6.45) is -4.75. The molecule has 0 heterocycles. The van der Waals surface area contributed by atoms with Crippen LogP contribution in [0.3, 0.4) is 0 Å². The van der Waals surface area contributed by atoms with Crippen LogP contribution < -0.4 is 10.1 Å². The quantitative estimate of drug-likeness (QED) is 0.783. The summed E-state index contributed by atoms with van der Waals surface area (Å²) in [5, 5.41) is 2.55. The number of hydrogen-bond acceptors (Lipinski definition) is 2. The van der Waals surface area contributed by atoms with Crippen molar-refractivity contribution in [2.45, 2.75) is 12.9 Å². The Labute approximate surface area is 137 Å². The molecule has 0 unspecified atom stereocenters. The summed E-state index contributed by atoms with van der Waals surface area (Å²) in [4.78, 5) is 12.0. The first-order chi connectivity index (χ1) is 10.7. The number of rotatable bonds is 4. The average Bonchev–Trinajstić information content (AvgIpc) is 2.47. The summed E-state index contributed by atoms with van der Waals surface area (Å²) < 4.78 is 53.4. The van der Waals surface area contributed by atoms with E-state index in [1.807, 2.05) is 0 Å². The van der Waals surface area contributed by atoms with Crippen LogP contribution in [0.4, 0.5) is 17.6 Å². The van der Waals surface area contributed by atoms with Crippen molar-refractivity contribution in [1.82, 2.24) is 5.32 Å². The molecule has 3 nitrogen and oxygen atoms in total. The molecule has 0 aromatic heterocycles. The molecule has 23 heavy (non-hydrogen) atoms. The van der Waals surface area contributed by atoms with Gasteiger partial charge in [-0.3, -0.25) is 4.79 Å². The minimum absolute atomic E-state index is 0.0775. The van der Waals surface area contributed by atoms with Gasteiger partial charge in [-0.2, -0.15) is 0 Å². The Bertz CT molecular complexity index is 702. The van der Waals surface area contributed by atoms with Crippen molar-refractivity contribution in [3.63, 3.8) is 0 Å². The van der Waals surface area contributed by atoms with Crippen molar-refractivity contribution in [3.05, 3.63) is 63.9 Å². The summed E-state index contributed by atoms with van der Waals surface area (Å²) in [5.41, 5.74) is 0.697. The molecular formula is C15H10BrF4NO2. The Morgan fingerprint density at radius 3 is 2.39 bits per heavy atom. The van der Waals surface area contributed by atoms with Crippen molar-refractivity contribution in [2.24, 2.45) is 0 Å². The van der Waals surface area contributed by atoms with Crippen LogP contribution in [0.2, 0.25) is 0 Å². The highest BCUT2D eigenvalue weighted by molar-refractivity contribution is 9.10. The number of alkyl halides is 3. The molecule has 0 saturated heterocycles. The molecule has 0 atom stereocenters. The highest BCUT2D eigenvalue weighted by atomic mass is 79.9. The van der Waals surface area contributed by atoms with Gasteiger partial charge in [0.2, 0.25) is 0 Å². The Balaban J connectivity index is 1.98. The molecule has 2 rings (SSSR count). The van der Waals surface area contributed by atoms with Gasteiger partial charge >= 0.3 is 6.36 Å². The molecule has 2 aromatic rings. The van der Waals surface area contributed by atoms with E-state index >= 15 is 0 Å². The molecule has 0 aliphatic rings. The zero-order valence-electron chi connectivity index (χ0n) is 11.5. The zero-order chi connectivity index (χ0) is 17.0. The average molecular weight is 392 g/mol. The fourth-order valence-corrected chi connectivity index (χ4v) is 2.18. The highest BCUT2D eigenvalue weighted by Gasteiger charge is 2.30. The monoisotopic (exact) mass is 391 g/mol. The summed E-state index contributed by atoms with van der Waals surface area (Å²) in [6.45, 7) is 0.0775. The molecule has 8 heteroatoms. The summed E-state index contributed by atoms with van der Waals surface area (Å²) in [6, 6.07) is 8.78. The molecule has 0 fully saturated rings. The van der Waals surface area contributed by atoms with E-state index in [2.05, 4.69) is 26.0 Å². The normalized spacial score (nSPS) is 11.2. The third-order valence-corrected chi connectivity index (χ3v) is 3.47. The van der Waals surface area contributed by atoms with Crippen molar-refractivity contribution in [3.8, 4) is 5.75 Å². The fourth-order valence-electron chi connectivity index (χ4n) is 1.76. The minimum Gasteiger partial charge on any atom is -0.406 e. The van der Waals surface area contributed by atoms with Gasteiger partial charge in [0.15, 0.2) is 0 Å². The van der Waals surface area contributed by atoms with E-state index in [-0.39, 0.29) is 17.9 Å². The predicted octanol–water partition coefficient (Wildman–Crippen LogP) is 4.42. The molecular weight excluding hydrogens is 382 g/mol. The van der Waals surface area contributed by atoms with E-state index in [0.29, 0.717) is 10.0 Å². The summed E-state index contributed by atoms with van der Waals surface area (Å²) in [5.74, 6) is -1.40. The topological polar surface area (TPSA) is 38.3 Å². The maximum Gasteiger partial charge on any atom is 0.573 e. The van der Waals surface area contributed by atoms with E-state index in [1.165, 1.54) is 24.3 Å². The van der Waals surface area contributed by atoms with Crippen LogP contribution in [0.1, 0.15) is 15.9 Å². The Morgan fingerprint density at radius 2 is 1.78 bits per heavy atom. The van der Waals surface area contributed by atoms with E-state index in [4.69, 9.17) is 0 Å². The van der Waals surface area contributed by atoms with E-state index in [1.54, 1.807) is 0 Å². The van der Waals surface area contributed by atoms with Crippen LogP contribution in [0.25, 0.3) is 0 Å². The van der Waals surface area contributed by atoms with Crippen LogP contribution >= 0.6 is 15.9 Å². The molecule has 0 aliphatic carbocycles. The van der Waals surface area contributed by atoms with Crippen LogP contribution in [0, 0.1) is 5.82 Å². The third-order valence-electron chi connectivity index (χ3n) is 2.78. The van der Waals surface area contributed by atoms with E-state index in [0.717, 1.165) is 18.2 Å². The van der Waals surface area contributed by atoms with Gasteiger partial charge in [0.1, 0.15) is 11.6 Å². The van der Waals surface area contributed by atoms with Crippen molar-refractivity contribution >= 4 is 21.8 Å². The second-order valence-corrected chi connectivity index (χ2v) is 5.35. The zero-order valence-corrected chi connectivity index (χ0v) is 13.0. The molecule has 0 spiro atoms. The first-order valence-electron chi connectivity index (χ1n) is 6.32. The largest absolute Gasteiger partial charge is 0.573 e. The SMILES string of the molecule is O=C(NCc1ccc(OC(F)(F)F)cc1)c1cc(F)ccc1Br. The Morgan fingerprint density at radius 1 is 1.13 bits per heavy atom. The molecule has 0 aliphatic heterocycles. The predicted molar refractivity (Wildman–Crippen MR) is 78.4 cm³/mol. The lowest BCUT2D eigenvalue weighted by atomic mass is 10.2. The lowest BCUT2D eigenvalue weighted by Crippen LogP contribution is -2.23. The number of amides is 1. The number of hydrogen-bond donors (Lipinski definition) is 1. The smallest absolute Gasteiger partial charge is 0.406 e. The summed E-state index contributed by atoms with van der Waals surface area (Å²) >= 11 is 3.14. The van der Waals surface area contributed by atoms with Gasteiger partial charge in [-0.05, 0) is 51.8 Å². The van der Waals surface area contributed by atoms with Gasteiger partial charge in [0.05, 0.1) is 5.56 Å². The first-order valence-corrected chi connectivity index (χ1v) is 7.12. The number of ether oxygens (including phenoxy) is 1. The van der Waals surface area contributed by atoms with Crippen LogP contribution in [-0.4, -0.2) is 12.3 Å². The van der Waals surface area contributed by atoms with Crippen LogP contribution in [0.5, 0.6) is 5.75 Å². The lowest BCUT2D eigenvalue weighted by molar-refractivity contribution is -0.274. The number of carbonyl (C=O) groups excluding carboxylic acids is 1. The van der Waals surface area contributed by atoms with Crippen LogP contribution in [-0.2, 0) is 6.54 Å². The molecule has 122 valence electrons. The number of nitrogens with one attached hydrogen (secondary N) is 1. The molecule has 0 radical (unpaired) electrons. The molecule has 0 saturated carbocycles. The second-order valence-electron chi connectivity index (χ2n) is 4.50. The molecule has 0 bridgehead atoms. The van der Waals surface area contributed by atoms with Crippen molar-refractivity contribution in [2.75, 3.05) is 0 Å². The molecule has 1 amide bonds. The molecule has 2 aromatic carbocycles. The van der Waals surface area contributed by atoms with Gasteiger partial charge in [-0.25, -0.2) is 4.39 Å². The summed E-state index contributed by atoms with van der Waals surface area (Å²) in [7, 11) is 0. The van der Waals surface area contributed by atoms with Gasteiger partial charge in [-0.15, -0.1) is 13.2 Å². The van der Waals surface area contributed by atoms with Crippen molar-refractivity contribution in [1.29, 1.82) is 0 Å². The first kappa shape index (κ1) is 17.3. The third kappa shape index (κ3) is 5.24. The number of carbonyl (C=O) groups is 1. The standard InChI is InChI=1S/C15H10BrF4NO2/c16-13-6-3-10(17)7-12(13)14(22)21-8-9-1-4-11(5-2-9)23-15(18,19)20/h1-7H,8H2,(H,21,22). The fraction of sp³-hybridized carbons (Fsp3) is 0.133. The van der Waals surface area contributed by atoms with Gasteiger partial charge < -0.3 is 10.1 Å². The maximum absolute atomic E-state index is 13.1. The van der Waals surface area contributed by atoms with Gasteiger partial charge in [0.25, 0.3) is 5.91 Å². The Hall–Kier alpha value is -2.09. The number of halogens is 5. The maximum atomic E-state index is 13.1. The van der Waals surface area contributed by atoms with E-state index in [9.17, 15) is 22.4 Å². The van der Waals surface area contributed by atoms with E-state index < -0.39 is 18.1 Å². The second kappa shape index (κ2) is 6.99. The highest BCUT2D eigenvalue weighted by Crippen LogP contribution is 2.23. The van der Waals surface area contributed by atoms with Gasteiger partial charge in [-0.1, -0.05) is 12.1 Å². The van der Waals surface area contributed by atoms with Crippen LogP contribution in [0.15, 0.2) is 46.9 Å².